The summed E-state index contributed by atoms with van der Waals surface area (Å²) in [5.41, 5.74) is 8.21. The van der Waals surface area contributed by atoms with Gasteiger partial charge in [-0.2, -0.15) is 0 Å². The highest BCUT2D eigenvalue weighted by Crippen LogP contribution is 2.28. The lowest BCUT2D eigenvalue weighted by molar-refractivity contribution is 0.408. The van der Waals surface area contributed by atoms with Crippen LogP contribution >= 0.6 is 0 Å². The van der Waals surface area contributed by atoms with Crippen LogP contribution in [0.5, 0.6) is 5.75 Å². The third kappa shape index (κ3) is 2.60. The molecule has 0 saturated heterocycles. The van der Waals surface area contributed by atoms with Gasteiger partial charge in [0, 0.05) is 5.56 Å². The van der Waals surface area contributed by atoms with E-state index in [4.69, 9.17) is 10.5 Å². The van der Waals surface area contributed by atoms with Crippen LogP contribution < -0.4 is 10.5 Å². The number of hydrogen-bond donors (Lipinski definition) is 1. The molecule has 1 rings (SSSR count). The van der Waals surface area contributed by atoms with Gasteiger partial charge >= 0.3 is 0 Å². The first-order valence-electron chi connectivity index (χ1n) is 5.16. The predicted molar refractivity (Wildman–Crippen MR) is 64.2 cm³/mol. The number of nitrogens with two attached hydrogens (primary N) is 1. The third-order valence-electron chi connectivity index (χ3n) is 2.53. The Labute approximate surface area is 91.7 Å². The summed E-state index contributed by atoms with van der Waals surface area (Å²) in [5.74, 6) is 1.32. The maximum absolute atomic E-state index is 5.94. The fourth-order valence-corrected chi connectivity index (χ4v) is 1.50. The summed E-state index contributed by atoms with van der Waals surface area (Å²) in [6, 6.07) is 5.96. The molecule has 15 heavy (non-hydrogen) atoms. The molecule has 82 valence electrons. The number of benzene rings is 1. The highest BCUT2D eigenvalue weighted by atomic mass is 16.5. The summed E-state index contributed by atoms with van der Waals surface area (Å²) in [6.07, 6.45) is 1.72. The SMILES string of the molecule is C=C[C@H](N)c1cc(C(C)C)ccc1OC. The molecule has 1 atom stereocenters. The van der Waals surface area contributed by atoms with Crippen LogP contribution in [-0.4, -0.2) is 7.11 Å². The van der Waals surface area contributed by atoms with Crippen molar-refractivity contribution in [2.24, 2.45) is 5.73 Å². The van der Waals surface area contributed by atoms with Crippen molar-refractivity contribution < 1.29 is 4.74 Å². The molecular weight excluding hydrogens is 186 g/mol. The summed E-state index contributed by atoms with van der Waals surface area (Å²) >= 11 is 0. The maximum atomic E-state index is 5.94. The lowest BCUT2D eigenvalue weighted by Gasteiger charge is -2.15. The van der Waals surface area contributed by atoms with Gasteiger partial charge in [-0.1, -0.05) is 26.0 Å². The fraction of sp³-hybridized carbons (Fsp3) is 0.385. The second kappa shape index (κ2) is 4.99. The van der Waals surface area contributed by atoms with Gasteiger partial charge in [0.1, 0.15) is 5.75 Å². The van der Waals surface area contributed by atoms with Gasteiger partial charge in [-0.05, 0) is 23.6 Å². The van der Waals surface area contributed by atoms with E-state index in [0.717, 1.165) is 11.3 Å². The van der Waals surface area contributed by atoms with Gasteiger partial charge < -0.3 is 10.5 Å². The summed E-state index contributed by atoms with van der Waals surface area (Å²) in [7, 11) is 1.66. The van der Waals surface area contributed by atoms with Crippen LogP contribution in [0.3, 0.4) is 0 Å². The van der Waals surface area contributed by atoms with E-state index in [0.29, 0.717) is 5.92 Å². The lowest BCUT2D eigenvalue weighted by atomic mass is 9.97. The highest BCUT2D eigenvalue weighted by Gasteiger charge is 2.10. The van der Waals surface area contributed by atoms with Gasteiger partial charge in [-0.25, -0.2) is 0 Å². The quantitative estimate of drug-likeness (QED) is 0.767. The first-order valence-corrected chi connectivity index (χ1v) is 5.16. The van der Waals surface area contributed by atoms with Gasteiger partial charge in [0.05, 0.1) is 13.2 Å². The standard InChI is InChI=1S/C13H19NO/c1-5-12(14)11-8-10(9(2)3)6-7-13(11)15-4/h5-9,12H,1,14H2,2-4H3/t12-/m0/s1. The third-order valence-corrected chi connectivity index (χ3v) is 2.53. The maximum Gasteiger partial charge on any atom is 0.123 e. The molecule has 0 unspecified atom stereocenters. The van der Waals surface area contributed by atoms with Gasteiger partial charge in [-0.15, -0.1) is 6.58 Å². The molecule has 0 amide bonds. The number of hydrogen-bond acceptors (Lipinski definition) is 2. The first kappa shape index (κ1) is 11.8. The van der Waals surface area contributed by atoms with E-state index < -0.39 is 0 Å². The second-order valence-corrected chi connectivity index (χ2v) is 3.92. The molecule has 2 heteroatoms. The minimum atomic E-state index is -0.168. The van der Waals surface area contributed by atoms with Crippen molar-refractivity contribution in [2.45, 2.75) is 25.8 Å². The number of methoxy groups -OCH3 is 1. The van der Waals surface area contributed by atoms with E-state index in [1.807, 2.05) is 6.07 Å². The van der Waals surface area contributed by atoms with Crippen molar-refractivity contribution in [3.05, 3.63) is 42.0 Å². The number of rotatable bonds is 4. The van der Waals surface area contributed by atoms with Crippen LogP contribution in [0.4, 0.5) is 0 Å². The zero-order valence-corrected chi connectivity index (χ0v) is 9.66. The van der Waals surface area contributed by atoms with E-state index in [1.54, 1.807) is 13.2 Å². The van der Waals surface area contributed by atoms with Crippen molar-refractivity contribution >= 4 is 0 Å². The molecule has 2 nitrogen and oxygen atoms in total. The molecule has 0 bridgehead atoms. The number of ether oxygens (including phenoxy) is 1. The van der Waals surface area contributed by atoms with Crippen molar-refractivity contribution in [3.63, 3.8) is 0 Å². The molecule has 0 aliphatic rings. The summed E-state index contributed by atoms with van der Waals surface area (Å²) in [6.45, 7) is 8.02. The van der Waals surface area contributed by atoms with Crippen LogP contribution in [0.2, 0.25) is 0 Å². The molecule has 0 heterocycles. The Morgan fingerprint density at radius 2 is 2.07 bits per heavy atom. The Morgan fingerprint density at radius 1 is 1.40 bits per heavy atom. The van der Waals surface area contributed by atoms with Crippen molar-refractivity contribution in [2.75, 3.05) is 7.11 Å². The normalized spacial score (nSPS) is 12.6. The summed E-state index contributed by atoms with van der Waals surface area (Å²) < 4.78 is 5.28. The fourth-order valence-electron chi connectivity index (χ4n) is 1.50. The topological polar surface area (TPSA) is 35.2 Å². The van der Waals surface area contributed by atoms with Crippen LogP contribution in [-0.2, 0) is 0 Å². The average molecular weight is 205 g/mol. The predicted octanol–water partition coefficient (Wildman–Crippen LogP) is 3.00. The largest absolute Gasteiger partial charge is 0.496 e. The van der Waals surface area contributed by atoms with Gasteiger partial charge in [0.2, 0.25) is 0 Å². The Morgan fingerprint density at radius 3 is 2.53 bits per heavy atom. The summed E-state index contributed by atoms with van der Waals surface area (Å²) in [5, 5.41) is 0. The minimum Gasteiger partial charge on any atom is -0.496 e. The Kier molecular flexibility index (Phi) is 3.92. The summed E-state index contributed by atoms with van der Waals surface area (Å²) in [4.78, 5) is 0. The van der Waals surface area contributed by atoms with Crippen molar-refractivity contribution in [1.82, 2.24) is 0 Å². The molecule has 0 fully saturated rings. The first-order chi connectivity index (χ1) is 7.10. The molecule has 1 aromatic rings. The molecule has 0 spiro atoms. The lowest BCUT2D eigenvalue weighted by Crippen LogP contribution is -2.09. The van der Waals surface area contributed by atoms with Crippen LogP contribution in [0, 0.1) is 0 Å². The molecule has 2 N–H and O–H groups in total. The molecule has 0 radical (unpaired) electrons. The van der Waals surface area contributed by atoms with Crippen LogP contribution in [0.1, 0.15) is 36.9 Å². The highest BCUT2D eigenvalue weighted by molar-refractivity contribution is 5.41. The zero-order chi connectivity index (χ0) is 11.4. The second-order valence-electron chi connectivity index (χ2n) is 3.92. The van der Waals surface area contributed by atoms with E-state index in [9.17, 15) is 0 Å². The smallest absolute Gasteiger partial charge is 0.123 e. The van der Waals surface area contributed by atoms with E-state index in [-0.39, 0.29) is 6.04 Å². The van der Waals surface area contributed by atoms with Crippen LogP contribution in [0.15, 0.2) is 30.9 Å². The zero-order valence-electron chi connectivity index (χ0n) is 9.66. The Balaban J connectivity index is 3.18. The minimum absolute atomic E-state index is 0.168. The molecular formula is C13H19NO. The van der Waals surface area contributed by atoms with E-state index in [1.165, 1.54) is 5.56 Å². The van der Waals surface area contributed by atoms with E-state index in [2.05, 4.69) is 32.6 Å². The molecule has 0 saturated carbocycles. The monoisotopic (exact) mass is 205 g/mol. The van der Waals surface area contributed by atoms with Gasteiger partial charge in [0.25, 0.3) is 0 Å². The molecule has 0 aromatic heterocycles. The molecule has 0 aliphatic carbocycles. The Hall–Kier alpha value is -1.28. The average Bonchev–Trinajstić information content (AvgIpc) is 2.27. The van der Waals surface area contributed by atoms with Gasteiger partial charge in [-0.3, -0.25) is 0 Å². The van der Waals surface area contributed by atoms with Crippen molar-refractivity contribution in [3.8, 4) is 5.75 Å². The van der Waals surface area contributed by atoms with Crippen LogP contribution in [0.25, 0.3) is 0 Å². The van der Waals surface area contributed by atoms with Gasteiger partial charge in [0.15, 0.2) is 0 Å². The Bertz CT molecular complexity index is 344. The molecule has 0 aliphatic heterocycles. The van der Waals surface area contributed by atoms with E-state index >= 15 is 0 Å². The molecule has 1 aromatic carbocycles. The van der Waals surface area contributed by atoms with Crippen molar-refractivity contribution in [1.29, 1.82) is 0 Å².